The van der Waals surface area contributed by atoms with E-state index in [9.17, 15) is 8.42 Å². The fraction of sp³-hybridized carbons (Fsp3) is 1.00. The quantitative estimate of drug-likeness (QED) is 0.514. The maximum Gasteiger partial charge on any atom is 0.267 e. The van der Waals surface area contributed by atoms with Gasteiger partial charge in [0.05, 0.1) is 6.10 Å². The summed E-state index contributed by atoms with van der Waals surface area (Å²) in [7, 11) is -3.97. The first-order valence-electron chi connectivity index (χ1n) is 2.05. The van der Waals surface area contributed by atoms with Gasteiger partial charge >= 0.3 is 0 Å². The fourth-order valence-electron chi connectivity index (χ4n) is 0.305. The first-order chi connectivity index (χ1) is 3.42. The molecule has 0 saturated heterocycles. The van der Waals surface area contributed by atoms with Gasteiger partial charge in [0.2, 0.25) is 0 Å². The van der Waals surface area contributed by atoms with Crippen LogP contribution in [0, 0.1) is 0 Å². The number of rotatable bonds is 2. The molecular weight excluding hydrogens is 329 g/mol. The van der Waals surface area contributed by atoms with E-state index < -0.39 is 22.0 Å². The molecule has 0 saturated carbocycles. The minimum absolute atomic E-state index is 0. The van der Waals surface area contributed by atoms with Crippen LogP contribution in [0.3, 0.4) is 0 Å². The van der Waals surface area contributed by atoms with Gasteiger partial charge < -0.3 is 5.11 Å². The summed E-state index contributed by atoms with van der Waals surface area (Å²) < 4.78 is 27.7. The van der Waals surface area contributed by atoms with Crippen molar-refractivity contribution < 1.29 is 40.5 Å². The molecule has 1 unspecified atom stereocenters. The molecule has 9 heavy (non-hydrogen) atoms. The van der Waals surface area contributed by atoms with Crippen molar-refractivity contribution in [2.45, 2.75) is 13.0 Å². The van der Waals surface area contributed by atoms with E-state index in [-0.39, 0.29) is 22.4 Å². The summed E-state index contributed by atoms with van der Waals surface area (Å²) in [6.07, 6.45) is -0.995. The monoisotopic (exact) mass is 337 g/mol. The zero-order chi connectivity index (χ0) is 6.78. The average molecular weight is 337 g/mol. The molecule has 61 valence electrons. The number of hydrogen-bond donors (Lipinski definition) is 2. The SMILES string of the molecule is CC(O)CS(=O)(=O)O.[Au]. The van der Waals surface area contributed by atoms with Crippen LogP contribution in [0.1, 0.15) is 6.92 Å². The van der Waals surface area contributed by atoms with E-state index in [0.29, 0.717) is 0 Å². The minimum Gasteiger partial charge on any atom is -0.392 e. The van der Waals surface area contributed by atoms with E-state index in [1.54, 1.807) is 0 Å². The Morgan fingerprint density at radius 2 is 1.89 bits per heavy atom. The van der Waals surface area contributed by atoms with Crippen molar-refractivity contribution in [1.29, 1.82) is 0 Å². The van der Waals surface area contributed by atoms with Crippen LogP contribution in [-0.2, 0) is 32.5 Å². The van der Waals surface area contributed by atoms with Crippen LogP contribution in [0.25, 0.3) is 0 Å². The smallest absolute Gasteiger partial charge is 0.267 e. The predicted octanol–water partition coefficient (Wildman–Crippen LogP) is -0.747. The molecule has 1 radical (unpaired) electrons. The molecule has 0 aromatic rings. The summed E-state index contributed by atoms with van der Waals surface area (Å²) in [6, 6.07) is 0. The van der Waals surface area contributed by atoms with Crippen molar-refractivity contribution in [3.8, 4) is 0 Å². The summed E-state index contributed by atoms with van der Waals surface area (Å²) >= 11 is 0. The second-order valence-electron chi connectivity index (χ2n) is 1.60. The molecule has 0 aliphatic carbocycles. The molecule has 0 heterocycles. The van der Waals surface area contributed by atoms with E-state index >= 15 is 0 Å². The summed E-state index contributed by atoms with van der Waals surface area (Å²) in [5.41, 5.74) is 0. The third-order valence-corrected chi connectivity index (χ3v) is 1.36. The molecule has 0 fully saturated rings. The maximum atomic E-state index is 9.84. The number of aliphatic hydroxyl groups excluding tert-OH is 1. The van der Waals surface area contributed by atoms with E-state index in [0.717, 1.165) is 0 Å². The maximum absolute atomic E-state index is 9.84. The van der Waals surface area contributed by atoms with Gasteiger partial charge in [0.25, 0.3) is 10.1 Å². The van der Waals surface area contributed by atoms with E-state index in [1.807, 2.05) is 0 Å². The van der Waals surface area contributed by atoms with Gasteiger partial charge in [0.15, 0.2) is 0 Å². The van der Waals surface area contributed by atoms with Gasteiger partial charge in [-0.3, -0.25) is 4.55 Å². The molecule has 0 amide bonds. The molecule has 0 spiro atoms. The Balaban J connectivity index is 0. The molecule has 0 aliphatic heterocycles. The van der Waals surface area contributed by atoms with Gasteiger partial charge in [0.1, 0.15) is 5.75 Å². The predicted molar refractivity (Wildman–Crippen MR) is 28.1 cm³/mol. The first-order valence-corrected chi connectivity index (χ1v) is 3.66. The van der Waals surface area contributed by atoms with Gasteiger partial charge in [-0.2, -0.15) is 8.42 Å². The van der Waals surface area contributed by atoms with Crippen LogP contribution in [-0.4, -0.2) is 29.9 Å². The number of hydrogen-bond acceptors (Lipinski definition) is 3. The molecule has 6 heteroatoms. The zero-order valence-corrected chi connectivity index (χ0v) is 7.69. The van der Waals surface area contributed by atoms with E-state index in [2.05, 4.69) is 0 Å². The largest absolute Gasteiger partial charge is 0.392 e. The summed E-state index contributed by atoms with van der Waals surface area (Å²) in [5.74, 6) is -0.590. The Morgan fingerprint density at radius 1 is 1.56 bits per heavy atom. The first kappa shape index (κ1) is 12.3. The van der Waals surface area contributed by atoms with Gasteiger partial charge in [-0.15, -0.1) is 0 Å². The Bertz CT molecular complexity index is 149. The molecular formula is C3H8AuO4S. The Hall–Kier alpha value is 0.610. The fourth-order valence-corrected chi connectivity index (χ4v) is 0.914. The van der Waals surface area contributed by atoms with Crippen molar-refractivity contribution in [2.24, 2.45) is 0 Å². The van der Waals surface area contributed by atoms with Crippen molar-refractivity contribution >= 4 is 10.1 Å². The van der Waals surface area contributed by atoms with Gasteiger partial charge in [-0.05, 0) is 6.92 Å². The minimum atomic E-state index is -3.97. The van der Waals surface area contributed by atoms with Crippen LogP contribution in [0.4, 0.5) is 0 Å². The standard InChI is InChI=1S/C3H8O4S.Au/c1-3(4)2-8(5,6)7;/h3-4H,2H2,1H3,(H,5,6,7);. The third-order valence-electron chi connectivity index (χ3n) is 0.452. The number of aliphatic hydroxyl groups is 1. The van der Waals surface area contributed by atoms with Crippen LogP contribution in [0.5, 0.6) is 0 Å². The summed E-state index contributed by atoms with van der Waals surface area (Å²) in [6.45, 7) is 1.29. The zero-order valence-electron chi connectivity index (χ0n) is 4.71. The molecule has 0 aromatic heterocycles. The Labute approximate surface area is 69.5 Å². The van der Waals surface area contributed by atoms with Crippen molar-refractivity contribution in [2.75, 3.05) is 5.75 Å². The molecule has 4 nitrogen and oxygen atoms in total. The van der Waals surface area contributed by atoms with Crippen LogP contribution in [0.2, 0.25) is 0 Å². The van der Waals surface area contributed by atoms with Crippen molar-refractivity contribution in [1.82, 2.24) is 0 Å². The Kier molecular flexibility index (Phi) is 6.05. The van der Waals surface area contributed by atoms with Crippen LogP contribution in [0.15, 0.2) is 0 Å². The normalized spacial score (nSPS) is 14.1. The molecule has 0 rings (SSSR count). The second-order valence-corrected chi connectivity index (χ2v) is 3.09. The van der Waals surface area contributed by atoms with E-state index in [1.165, 1.54) is 6.92 Å². The summed E-state index contributed by atoms with van der Waals surface area (Å²) in [5, 5.41) is 8.35. The molecule has 1 atom stereocenters. The van der Waals surface area contributed by atoms with Gasteiger partial charge in [-0.25, -0.2) is 0 Å². The van der Waals surface area contributed by atoms with Crippen LogP contribution < -0.4 is 0 Å². The van der Waals surface area contributed by atoms with Crippen molar-refractivity contribution in [3.63, 3.8) is 0 Å². The topological polar surface area (TPSA) is 74.6 Å². The van der Waals surface area contributed by atoms with E-state index in [4.69, 9.17) is 9.66 Å². The molecule has 0 aromatic carbocycles. The van der Waals surface area contributed by atoms with Crippen molar-refractivity contribution in [3.05, 3.63) is 0 Å². The third kappa shape index (κ3) is 12.0. The second kappa shape index (κ2) is 4.43. The average Bonchev–Trinajstić information content (AvgIpc) is 1.21. The molecule has 0 aliphatic rings. The van der Waals surface area contributed by atoms with Gasteiger partial charge in [0, 0.05) is 22.4 Å². The Morgan fingerprint density at radius 3 is 1.89 bits per heavy atom. The molecule has 2 N–H and O–H groups in total. The summed E-state index contributed by atoms with van der Waals surface area (Å²) in [4.78, 5) is 0. The molecule has 0 bridgehead atoms. The van der Waals surface area contributed by atoms with Crippen LogP contribution >= 0.6 is 0 Å². The van der Waals surface area contributed by atoms with Gasteiger partial charge in [-0.1, -0.05) is 0 Å².